The van der Waals surface area contributed by atoms with E-state index in [1.165, 1.54) is 6.33 Å². The van der Waals surface area contributed by atoms with Crippen LogP contribution in [0.1, 0.15) is 6.92 Å². The van der Waals surface area contributed by atoms with Crippen LogP contribution in [0.2, 0.25) is 0 Å². The second kappa shape index (κ2) is 6.68. The molecule has 0 saturated carbocycles. The molecule has 0 bridgehead atoms. The van der Waals surface area contributed by atoms with Gasteiger partial charge in [0, 0.05) is 5.56 Å². The molecule has 0 saturated heterocycles. The Balaban J connectivity index is 2.38. The van der Waals surface area contributed by atoms with Gasteiger partial charge in [0.15, 0.2) is 18.6 Å². The second-order valence-corrected chi connectivity index (χ2v) is 4.33. The van der Waals surface area contributed by atoms with E-state index in [-0.39, 0.29) is 18.1 Å². The maximum absolute atomic E-state index is 11.3. The van der Waals surface area contributed by atoms with Gasteiger partial charge in [0.1, 0.15) is 5.75 Å². The number of carbonyl (C=O) groups excluding carboxylic acids is 1. The second-order valence-electron chi connectivity index (χ2n) is 4.33. The molecule has 1 heterocycles. The third-order valence-corrected chi connectivity index (χ3v) is 2.90. The zero-order valence-electron chi connectivity index (χ0n) is 11.9. The van der Waals surface area contributed by atoms with Gasteiger partial charge in [-0.25, -0.2) is 15.4 Å². The summed E-state index contributed by atoms with van der Waals surface area (Å²) >= 11 is 0. The average molecular weight is 305 g/mol. The number of hydrogen-bond acceptors (Lipinski definition) is 6. The van der Waals surface area contributed by atoms with E-state index in [2.05, 4.69) is 4.98 Å². The fourth-order valence-corrected chi connectivity index (χ4v) is 1.96. The highest BCUT2D eigenvalue weighted by molar-refractivity contribution is 5.76. The summed E-state index contributed by atoms with van der Waals surface area (Å²) in [6, 6.07) is 6.75. The molecular weight excluding hydrogens is 290 g/mol. The molecule has 9 heteroatoms. The first-order chi connectivity index (χ1) is 10.6. The number of aromatic nitrogens is 2. The van der Waals surface area contributed by atoms with E-state index in [0.29, 0.717) is 17.9 Å². The molecule has 1 aromatic heterocycles. The third kappa shape index (κ3) is 3.20. The van der Waals surface area contributed by atoms with Crippen molar-refractivity contribution in [2.24, 2.45) is 5.84 Å². The fourth-order valence-electron chi connectivity index (χ4n) is 1.96. The highest BCUT2D eigenvalue weighted by Gasteiger charge is 2.24. The van der Waals surface area contributed by atoms with E-state index in [1.54, 1.807) is 24.3 Å². The summed E-state index contributed by atoms with van der Waals surface area (Å²) in [5.41, 5.74) is 2.66. The van der Waals surface area contributed by atoms with Gasteiger partial charge in [0.25, 0.3) is 5.91 Å². The van der Waals surface area contributed by atoms with Crippen molar-refractivity contribution in [3.05, 3.63) is 40.7 Å². The van der Waals surface area contributed by atoms with Gasteiger partial charge >= 0.3 is 5.82 Å². The lowest BCUT2D eigenvalue weighted by atomic mass is 10.1. The number of nitro groups is 1. The summed E-state index contributed by atoms with van der Waals surface area (Å²) in [6.07, 6.45) is 1.24. The van der Waals surface area contributed by atoms with Crippen LogP contribution in [0, 0.1) is 10.1 Å². The van der Waals surface area contributed by atoms with Crippen molar-refractivity contribution in [1.82, 2.24) is 15.0 Å². The molecule has 0 fully saturated rings. The molecular formula is C13H15N5O4. The van der Waals surface area contributed by atoms with Crippen molar-refractivity contribution in [3.8, 4) is 17.0 Å². The Morgan fingerprint density at radius 3 is 2.68 bits per heavy atom. The van der Waals surface area contributed by atoms with Gasteiger partial charge in [0.2, 0.25) is 0 Å². The molecule has 0 unspecified atom stereocenters. The molecule has 0 atom stereocenters. The number of nitrogens with zero attached hydrogens (tertiary/aromatic N) is 3. The first kappa shape index (κ1) is 15.4. The molecule has 0 aliphatic carbocycles. The minimum absolute atomic E-state index is 0.179. The van der Waals surface area contributed by atoms with Crippen LogP contribution in [0.5, 0.6) is 5.75 Å². The number of benzene rings is 1. The predicted molar refractivity (Wildman–Crippen MR) is 77.8 cm³/mol. The zero-order chi connectivity index (χ0) is 16.1. The number of ether oxygens (including phenoxy) is 1. The molecule has 0 spiro atoms. The van der Waals surface area contributed by atoms with Crippen molar-refractivity contribution >= 4 is 11.7 Å². The van der Waals surface area contributed by atoms with Crippen LogP contribution in [0.15, 0.2) is 30.6 Å². The van der Waals surface area contributed by atoms with Gasteiger partial charge in [-0.1, -0.05) is 0 Å². The maximum Gasteiger partial charge on any atom is 0.351 e. The van der Waals surface area contributed by atoms with E-state index in [1.807, 2.05) is 12.3 Å². The number of hydrazine groups is 1. The lowest BCUT2D eigenvalue weighted by Gasteiger charge is -2.04. The van der Waals surface area contributed by atoms with Gasteiger partial charge in [-0.3, -0.25) is 10.2 Å². The summed E-state index contributed by atoms with van der Waals surface area (Å²) in [5.74, 6) is 4.83. The van der Waals surface area contributed by atoms with Crippen molar-refractivity contribution in [3.63, 3.8) is 0 Å². The van der Waals surface area contributed by atoms with Gasteiger partial charge in [-0.05, 0) is 36.1 Å². The number of imidazole rings is 1. The lowest BCUT2D eigenvalue weighted by Crippen LogP contribution is -2.33. The summed E-state index contributed by atoms with van der Waals surface area (Å²) in [7, 11) is 0. The Morgan fingerprint density at radius 2 is 2.14 bits per heavy atom. The van der Waals surface area contributed by atoms with Crippen LogP contribution in [-0.2, 0) is 11.3 Å². The standard InChI is InChI=1S/C13H15N5O4/c1-2-22-10-5-3-9(4-6-10)12-13(18(20)21)17(8-15-12)7-11(19)16-14/h3-6,8H,2,7,14H2,1H3,(H,16,19). The van der Waals surface area contributed by atoms with E-state index in [9.17, 15) is 14.9 Å². The fraction of sp³-hybridized carbons (Fsp3) is 0.231. The van der Waals surface area contributed by atoms with E-state index < -0.39 is 10.8 Å². The Labute approximate surface area is 125 Å². The van der Waals surface area contributed by atoms with E-state index in [0.717, 1.165) is 4.57 Å². The minimum Gasteiger partial charge on any atom is -0.494 e. The van der Waals surface area contributed by atoms with E-state index in [4.69, 9.17) is 10.6 Å². The van der Waals surface area contributed by atoms with Crippen LogP contribution in [0.25, 0.3) is 11.3 Å². The molecule has 1 aromatic carbocycles. The number of hydrogen-bond donors (Lipinski definition) is 2. The third-order valence-electron chi connectivity index (χ3n) is 2.90. The number of carbonyl (C=O) groups is 1. The summed E-state index contributed by atoms with van der Waals surface area (Å²) in [4.78, 5) is 26.0. The number of amides is 1. The van der Waals surface area contributed by atoms with Crippen molar-refractivity contribution in [2.45, 2.75) is 13.5 Å². The topological polar surface area (TPSA) is 125 Å². The number of nitrogens with two attached hydrogens (primary N) is 1. The average Bonchev–Trinajstić information content (AvgIpc) is 2.92. The molecule has 116 valence electrons. The van der Waals surface area contributed by atoms with Gasteiger partial charge in [-0.15, -0.1) is 0 Å². The monoisotopic (exact) mass is 305 g/mol. The minimum atomic E-state index is -0.581. The molecule has 2 aromatic rings. The highest BCUT2D eigenvalue weighted by atomic mass is 16.6. The molecule has 0 aliphatic rings. The largest absolute Gasteiger partial charge is 0.494 e. The maximum atomic E-state index is 11.3. The van der Waals surface area contributed by atoms with Crippen LogP contribution in [0.4, 0.5) is 5.82 Å². The molecule has 1 amide bonds. The SMILES string of the molecule is CCOc1ccc(-c2ncn(CC(=O)NN)c2[N+](=O)[O-])cc1. The van der Waals surface area contributed by atoms with Crippen LogP contribution < -0.4 is 16.0 Å². The van der Waals surface area contributed by atoms with Crippen LogP contribution >= 0.6 is 0 Å². The van der Waals surface area contributed by atoms with E-state index >= 15 is 0 Å². The Kier molecular flexibility index (Phi) is 4.69. The molecule has 2 rings (SSSR count). The summed E-state index contributed by atoms with van der Waals surface area (Å²) in [5, 5.41) is 11.3. The summed E-state index contributed by atoms with van der Waals surface area (Å²) < 4.78 is 6.45. The molecule has 0 radical (unpaired) electrons. The first-order valence-corrected chi connectivity index (χ1v) is 6.49. The molecule has 3 N–H and O–H groups in total. The Morgan fingerprint density at radius 1 is 1.45 bits per heavy atom. The zero-order valence-corrected chi connectivity index (χ0v) is 11.9. The number of rotatable bonds is 6. The first-order valence-electron chi connectivity index (χ1n) is 6.49. The smallest absolute Gasteiger partial charge is 0.351 e. The van der Waals surface area contributed by atoms with Crippen molar-refractivity contribution < 1.29 is 14.5 Å². The van der Waals surface area contributed by atoms with Gasteiger partial charge in [-0.2, -0.15) is 0 Å². The van der Waals surface area contributed by atoms with Gasteiger partial charge < -0.3 is 14.9 Å². The quantitative estimate of drug-likeness (QED) is 0.352. The van der Waals surface area contributed by atoms with Gasteiger partial charge in [0.05, 0.1) is 6.61 Å². The summed E-state index contributed by atoms with van der Waals surface area (Å²) in [6.45, 7) is 2.11. The predicted octanol–water partition coefficient (Wildman–Crippen LogP) is 0.847. The molecule has 22 heavy (non-hydrogen) atoms. The van der Waals surface area contributed by atoms with Crippen LogP contribution in [-0.4, -0.2) is 27.0 Å². The van der Waals surface area contributed by atoms with Crippen molar-refractivity contribution in [1.29, 1.82) is 0 Å². The Bertz CT molecular complexity index is 680. The Hall–Kier alpha value is -2.94. The molecule has 0 aliphatic heterocycles. The normalized spacial score (nSPS) is 10.3. The molecule has 9 nitrogen and oxygen atoms in total. The number of nitrogens with one attached hydrogen (secondary N) is 1. The van der Waals surface area contributed by atoms with Crippen LogP contribution in [0.3, 0.4) is 0 Å². The highest BCUT2D eigenvalue weighted by Crippen LogP contribution is 2.29. The lowest BCUT2D eigenvalue weighted by molar-refractivity contribution is -0.391. The van der Waals surface area contributed by atoms with Crippen molar-refractivity contribution in [2.75, 3.05) is 6.61 Å².